The Hall–Kier alpha value is -2.93. The van der Waals surface area contributed by atoms with Crippen molar-refractivity contribution in [1.29, 1.82) is 0 Å². The van der Waals surface area contributed by atoms with E-state index in [1.165, 1.54) is 12.1 Å². The summed E-state index contributed by atoms with van der Waals surface area (Å²) in [5, 5.41) is 0. The smallest absolute Gasteiger partial charge is 0.273 e. The molecule has 0 spiro atoms. The summed E-state index contributed by atoms with van der Waals surface area (Å²) in [4.78, 5) is 24.2. The van der Waals surface area contributed by atoms with Crippen molar-refractivity contribution >= 4 is 11.8 Å². The minimum Gasteiger partial charge on any atom is -0.488 e. The van der Waals surface area contributed by atoms with Crippen molar-refractivity contribution < 1.29 is 23.5 Å². The van der Waals surface area contributed by atoms with Crippen LogP contribution < -0.4 is 15.6 Å². The summed E-state index contributed by atoms with van der Waals surface area (Å²) in [6.45, 7) is 0.735. The number of benzene rings is 2. The Balaban J connectivity index is 1.59. The van der Waals surface area contributed by atoms with Crippen LogP contribution in [0.2, 0.25) is 0 Å². The molecule has 1 unspecified atom stereocenters. The third kappa shape index (κ3) is 4.58. The van der Waals surface area contributed by atoms with Crippen LogP contribution in [0.4, 0.5) is 4.39 Å². The molecule has 0 radical (unpaired) electrons. The minimum absolute atomic E-state index is 0.187. The van der Waals surface area contributed by atoms with Gasteiger partial charge in [0.25, 0.3) is 11.8 Å². The fraction of sp³-hybridized carbons (Fsp3) is 0.263. The molecule has 3 rings (SSSR count). The van der Waals surface area contributed by atoms with E-state index in [1.54, 1.807) is 36.4 Å². The van der Waals surface area contributed by atoms with Crippen LogP contribution in [-0.2, 0) is 16.1 Å². The molecule has 7 heteroatoms. The van der Waals surface area contributed by atoms with Crippen LogP contribution in [0.3, 0.4) is 0 Å². The van der Waals surface area contributed by atoms with Gasteiger partial charge in [0, 0.05) is 6.61 Å². The van der Waals surface area contributed by atoms with Crippen LogP contribution in [0.25, 0.3) is 0 Å². The lowest BCUT2D eigenvalue weighted by Gasteiger charge is -2.14. The van der Waals surface area contributed by atoms with Crippen LogP contribution in [-0.4, -0.2) is 24.5 Å². The second-order valence-electron chi connectivity index (χ2n) is 5.86. The van der Waals surface area contributed by atoms with Crippen molar-refractivity contribution in [2.24, 2.45) is 0 Å². The lowest BCUT2D eigenvalue weighted by atomic mass is 10.2. The van der Waals surface area contributed by atoms with E-state index in [1.807, 2.05) is 0 Å². The average Bonchev–Trinajstić information content (AvgIpc) is 3.20. The standard InChI is InChI=1S/C19H19FN2O4/c20-14-9-7-13(8-10-14)12-26-16-5-2-1-4-15(16)18(23)21-22-19(24)17-6-3-11-25-17/h1-2,4-5,7-10,17H,3,6,11-12H2,(H,21,23)(H,22,24). The molecule has 2 aromatic rings. The monoisotopic (exact) mass is 358 g/mol. The van der Waals surface area contributed by atoms with E-state index in [9.17, 15) is 14.0 Å². The van der Waals surface area contributed by atoms with Gasteiger partial charge in [-0.2, -0.15) is 0 Å². The highest BCUT2D eigenvalue weighted by Gasteiger charge is 2.24. The molecule has 1 aliphatic rings. The van der Waals surface area contributed by atoms with E-state index >= 15 is 0 Å². The van der Waals surface area contributed by atoms with Gasteiger partial charge in [-0.3, -0.25) is 20.4 Å². The van der Waals surface area contributed by atoms with Gasteiger partial charge >= 0.3 is 0 Å². The van der Waals surface area contributed by atoms with E-state index in [0.717, 1.165) is 12.0 Å². The fourth-order valence-electron chi connectivity index (χ4n) is 2.57. The van der Waals surface area contributed by atoms with E-state index in [2.05, 4.69) is 10.9 Å². The quantitative estimate of drug-likeness (QED) is 0.805. The molecular formula is C19H19FN2O4. The first-order valence-electron chi connectivity index (χ1n) is 8.31. The predicted octanol–water partition coefficient (Wildman–Crippen LogP) is 2.34. The van der Waals surface area contributed by atoms with Crippen LogP contribution in [0.5, 0.6) is 5.75 Å². The first-order valence-corrected chi connectivity index (χ1v) is 8.31. The van der Waals surface area contributed by atoms with Gasteiger partial charge in [0.15, 0.2) is 0 Å². The zero-order chi connectivity index (χ0) is 18.4. The Bertz CT molecular complexity index is 773. The first kappa shape index (κ1) is 17.9. The van der Waals surface area contributed by atoms with Crippen molar-refractivity contribution in [1.82, 2.24) is 10.9 Å². The number of carbonyl (C=O) groups excluding carboxylic acids is 2. The van der Waals surface area contributed by atoms with Crippen molar-refractivity contribution in [2.45, 2.75) is 25.6 Å². The highest BCUT2D eigenvalue weighted by atomic mass is 19.1. The summed E-state index contributed by atoms with van der Waals surface area (Å²) in [7, 11) is 0. The Morgan fingerprint density at radius 3 is 2.62 bits per heavy atom. The Labute approximate surface area is 150 Å². The van der Waals surface area contributed by atoms with Crippen LogP contribution >= 0.6 is 0 Å². The number of hydrazine groups is 1. The van der Waals surface area contributed by atoms with Gasteiger partial charge in [-0.25, -0.2) is 4.39 Å². The molecule has 136 valence electrons. The molecule has 0 aromatic heterocycles. The largest absolute Gasteiger partial charge is 0.488 e. The lowest BCUT2D eigenvalue weighted by Crippen LogP contribution is -2.46. The van der Waals surface area contributed by atoms with Crippen molar-refractivity contribution in [3.63, 3.8) is 0 Å². The number of ether oxygens (including phenoxy) is 2. The predicted molar refractivity (Wildman–Crippen MR) is 91.8 cm³/mol. The molecule has 6 nitrogen and oxygen atoms in total. The van der Waals surface area contributed by atoms with Gasteiger partial charge in [0.1, 0.15) is 24.3 Å². The lowest BCUT2D eigenvalue weighted by molar-refractivity contribution is -0.130. The number of hydrogen-bond donors (Lipinski definition) is 2. The van der Waals surface area contributed by atoms with Crippen LogP contribution in [0.15, 0.2) is 48.5 Å². The summed E-state index contributed by atoms with van der Waals surface area (Å²) < 4.78 is 23.9. The molecule has 1 heterocycles. The molecule has 0 bridgehead atoms. The van der Waals surface area contributed by atoms with E-state index in [-0.39, 0.29) is 23.9 Å². The van der Waals surface area contributed by atoms with Gasteiger partial charge in [-0.15, -0.1) is 0 Å². The van der Waals surface area contributed by atoms with Crippen LogP contribution in [0, 0.1) is 5.82 Å². The number of hydrogen-bond acceptors (Lipinski definition) is 4. The SMILES string of the molecule is O=C(NNC(=O)C1CCCO1)c1ccccc1OCc1ccc(F)cc1. The molecule has 1 atom stereocenters. The Kier molecular flexibility index (Phi) is 5.80. The van der Waals surface area contributed by atoms with Crippen molar-refractivity contribution in [3.05, 3.63) is 65.5 Å². The number of rotatable bonds is 5. The summed E-state index contributed by atoms with van der Waals surface area (Å²) in [6, 6.07) is 12.6. The van der Waals surface area contributed by atoms with E-state index in [4.69, 9.17) is 9.47 Å². The molecule has 2 N–H and O–H groups in total. The molecule has 2 amide bonds. The second kappa shape index (κ2) is 8.44. The van der Waals surface area contributed by atoms with Gasteiger partial charge in [0.05, 0.1) is 5.56 Å². The molecule has 1 fully saturated rings. The average molecular weight is 358 g/mol. The zero-order valence-electron chi connectivity index (χ0n) is 14.0. The molecule has 1 aliphatic heterocycles. The normalized spacial score (nSPS) is 16.1. The highest BCUT2D eigenvalue weighted by Crippen LogP contribution is 2.19. The third-order valence-electron chi connectivity index (χ3n) is 3.96. The van der Waals surface area contributed by atoms with Gasteiger partial charge in [0.2, 0.25) is 0 Å². The first-order chi connectivity index (χ1) is 12.6. The van der Waals surface area contributed by atoms with Gasteiger partial charge in [-0.1, -0.05) is 24.3 Å². The molecule has 0 saturated carbocycles. The number of amides is 2. The topological polar surface area (TPSA) is 76.7 Å². The summed E-state index contributed by atoms with van der Waals surface area (Å²) in [6.07, 6.45) is 0.936. The number of para-hydroxylation sites is 1. The molecular weight excluding hydrogens is 339 g/mol. The summed E-state index contributed by atoms with van der Waals surface area (Å²) >= 11 is 0. The van der Waals surface area contributed by atoms with Crippen LogP contribution in [0.1, 0.15) is 28.8 Å². The molecule has 0 aliphatic carbocycles. The maximum absolute atomic E-state index is 12.9. The van der Waals surface area contributed by atoms with Gasteiger partial charge in [-0.05, 0) is 42.7 Å². The third-order valence-corrected chi connectivity index (χ3v) is 3.96. The van der Waals surface area contributed by atoms with E-state index < -0.39 is 12.0 Å². The van der Waals surface area contributed by atoms with Gasteiger partial charge < -0.3 is 9.47 Å². The second-order valence-corrected chi connectivity index (χ2v) is 5.86. The molecule has 1 saturated heterocycles. The van der Waals surface area contributed by atoms with Crippen molar-refractivity contribution in [3.8, 4) is 5.75 Å². The number of carbonyl (C=O) groups is 2. The number of halogens is 1. The van der Waals surface area contributed by atoms with Crippen molar-refractivity contribution in [2.75, 3.05) is 6.61 Å². The molecule has 2 aromatic carbocycles. The van der Waals surface area contributed by atoms with E-state index in [0.29, 0.717) is 18.8 Å². The maximum Gasteiger partial charge on any atom is 0.273 e. The minimum atomic E-state index is -0.528. The maximum atomic E-state index is 12.9. The summed E-state index contributed by atoms with van der Waals surface area (Å²) in [5.41, 5.74) is 5.79. The summed E-state index contributed by atoms with van der Waals surface area (Å²) in [5.74, 6) is -0.831. The fourth-order valence-corrected chi connectivity index (χ4v) is 2.57. The zero-order valence-corrected chi connectivity index (χ0v) is 14.0. The highest BCUT2D eigenvalue weighted by molar-refractivity contribution is 5.98. The Morgan fingerprint density at radius 1 is 1.12 bits per heavy atom. The molecule has 26 heavy (non-hydrogen) atoms. The number of nitrogens with one attached hydrogen (secondary N) is 2. The Morgan fingerprint density at radius 2 is 1.88 bits per heavy atom.